The maximum Gasteiger partial charge on any atom is 0.225 e. The Bertz CT molecular complexity index is 623. The van der Waals surface area contributed by atoms with Gasteiger partial charge >= 0.3 is 0 Å². The van der Waals surface area contributed by atoms with Gasteiger partial charge in [-0.2, -0.15) is 0 Å². The van der Waals surface area contributed by atoms with Crippen LogP contribution in [0.4, 0.5) is 5.95 Å². The summed E-state index contributed by atoms with van der Waals surface area (Å²) in [4.78, 5) is 37.8. The van der Waals surface area contributed by atoms with Crippen LogP contribution >= 0.6 is 0 Å². The molecule has 2 aliphatic rings. The maximum atomic E-state index is 12.9. The predicted molar refractivity (Wildman–Crippen MR) is 104 cm³/mol. The highest BCUT2D eigenvalue weighted by molar-refractivity contribution is 5.81. The maximum absolute atomic E-state index is 12.9. The third kappa shape index (κ3) is 4.96. The number of piperazine rings is 1. The molecule has 1 saturated carbocycles. The van der Waals surface area contributed by atoms with Crippen molar-refractivity contribution in [3.05, 3.63) is 18.5 Å². The van der Waals surface area contributed by atoms with Gasteiger partial charge in [0, 0.05) is 56.5 Å². The minimum atomic E-state index is 0.0649. The van der Waals surface area contributed by atoms with Crippen molar-refractivity contribution in [3.63, 3.8) is 0 Å². The molecule has 1 aliphatic heterocycles. The summed E-state index contributed by atoms with van der Waals surface area (Å²) in [5, 5.41) is 3.08. The van der Waals surface area contributed by atoms with E-state index in [1.807, 2.05) is 17.9 Å². The van der Waals surface area contributed by atoms with Gasteiger partial charge in [0.25, 0.3) is 0 Å². The number of nitrogens with one attached hydrogen (secondary N) is 1. The van der Waals surface area contributed by atoms with E-state index in [9.17, 15) is 9.59 Å². The standard InChI is InChI=1S/C20H31N5O2/c1-3-15(2)23-18(26)16-5-7-17(8-6-16)19(27)24-11-13-25(14-12-24)20-21-9-4-10-22-20/h4,9-10,15-17H,3,5-8,11-14H2,1-2H3,(H,23,26). The molecule has 3 rings (SSSR count). The molecule has 0 bridgehead atoms. The zero-order valence-corrected chi connectivity index (χ0v) is 16.4. The van der Waals surface area contributed by atoms with Crippen LogP contribution in [0.5, 0.6) is 0 Å². The van der Waals surface area contributed by atoms with Crippen molar-refractivity contribution in [3.8, 4) is 0 Å². The second kappa shape index (κ2) is 9.15. The Kier molecular flexibility index (Phi) is 6.63. The fraction of sp³-hybridized carbons (Fsp3) is 0.700. The van der Waals surface area contributed by atoms with Gasteiger partial charge in [0.05, 0.1) is 0 Å². The third-order valence-electron chi connectivity index (χ3n) is 5.87. The molecule has 1 aromatic rings. The van der Waals surface area contributed by atoms with Gasteiger partial charge in [-0.3, -0.25) is 9.59 Å². The van der Waals surface area contributed by atoms with E-state index in [1.54, 1.807) is 12.4 Å². The van der Waals surface area contributed by atoms with Crippen LogP contribution in [0, 0.1) is 11.8 Å². The monoisotopic (exact) mass is 373 g/mol. The third-order valence-corrected chi connectivity index (χ3v) is 5.87. The van der Waals surface area contributed by atoms with Gasteiger partial charge in [-0.15, -0.1) is 0 Å². The van der Waals surface area contributed by atoms with Crippen LogP contribution in [-0.4, -0.2) is 58.9 Å². The van der Waals surface area contributed by atoms with Crippen LogP contribution in [0.3, 0.4) is 0 Å². The first-order valence-electron chi connectivity index (χ1n) is 10.2. The fourth-order valence-corrected chi connectivity index (χ4v) is 3.90. The molecule has 1 unspecified atom stereocenters. The molecule has 27 heavy (non-hydrogen) atoms. The summed E-state index contributed by atoms with van der Waals surface area (Å²) >= 11 is 0. The molecule has 1 N–H and O–H groups in total. The number of hydrogen-bond donors (Lipinski definition) is 1. The molecule has 1 atom stereocenters. The van der Waals surface area contributed by atoms with E-state index in [-0.39, 0.29) is 29.7 Å². The Hall–Kier alpha value is -2.18. The SMILES string of the molecule is CCC(C)NC(=O)C1CCC(C(=O)N2CCN(c3ncccn3)CC2)CC1. The van der Waals surface area contributed by atoms with Crippen molar-refractivity contribution >= 4 is 17.8 Å². The van der Waals surface area contributed by atoms with Crippen molar-refractivity contribution in [2.75, 3.05) is 31.1 Å². The molecule has 7 nitrogen and oxygen atoms in total. The van der Waals surface area contributed by atoms with Crippen LogP contribution in [0.2, 0.25) is 0 Å². The van der Waals surface area contributed by atoms with E-state index in [0.29, 0.717) is 13.1 Å². The molecule has 2 fully saturated rings. The summed E-state index contributed by atoms with van der Waals surface area (Å²) < 4.78 is 0. The second-order valence-electron chi connectivity index (χ2n) is 7.73. The highest BCUT2D eigenvalue weighted by Gasteiger charge is 2.33. The van der Waals surface area contributed by atoms with Gasteiger partial charge in [0.1, 0.15) is 0 Å². The first kappa shape index (κ1) is 19.6. The molecule has 0 radical (unpaired) electrons. The first-order valence-corrected chi connectivity index (χ1v) is 10.2. The molecule has 0 aromatic carbocycles. The van der Waals surface area contributed by atoms with Crippen molar-refractivity contribution in [2.45, 2.75) is 52.0 Å². The Labute approximate surface area is 161 Å². The number of aromatic nitrogens is 2. The molecule has 148 valence electrons. The van der Waals surface area contributed by atoms with E-state index in [2.05, 4.69) is 27.1 Å². The van der Waals surface area contributed by atoms with Gasteiger partial charge in [-0.1, -0.05) is 6.92 Å². The van der Waals surface area contributed by atoms with Crippen LogP contribution < -0.4 is 10.2 Å². The van der Waals surface area contributed by atoms with Crippen LogP contribution in [0.15, 0.2) is 18.5 Å². The van der Waals surface area contributed by atoms with Crippen LogP contribution in [-0.2, 0) is 9.59 Å². The molecule has 0 spiro atoms. The van der Waals surface area contributed by atoms with Gasteiger partial charge in [0.15, 0.2) is 0 Å². The number of nitrogens with zero attached hydrogens (tertiary/aromatic N) is 4. The van der Waals surface area contributed by atoms with Crippen LogP contribution in [0.1, 0.15) is 46.0 Å². The Morgan fingerprint density at radius 2 is 1.67 bits per heavy atom. The molecular weight excluding hydrogens is 342 g/mol. The predicted octanol–water partition coefficient (Wildman–Crippen LogP) is 1.85. The minimum absolute atomic E-state index is 0.0649. The Morgan fingerprint density at radius 3 is 2.26 bits per heavy atom. The van der Waals surface area contributed by atoms with E-state index in [4.69, 9.17) is 0 Å². The summed E-state index contributed by atoms with van der Waals surface area (Å²) in [7, 11) is 0. The van der Waals surface area contributed by atoms with Gasteiger partial charge in [-0.05, 0) is 45.1 Å². The number of amides is 2. The van der Waals surface area contributed by atoms with Crippen molar-refractivity contribution in [2.24, 2.45) is 11.8 Å². The molecule has 2 heterocycles. The highest BCUT2D eigenvalue weighted by atomic mass is 16.2. The normalized spacial score (nSPS) is 24.4. The van der Waals surface area contributed by atoms with Crippen molar-refractivity contribution < 1.29 is 9.59 Å². The van der Waals surface area contributed by atoms with E-state index in [1.165, 1.54) is 0 Å². The summed E-state index contributed by atoms with van der Waals surface area (Å²) in [6.07, 6.45) is 7.71. The molecule has 7 heteroatoms. The molecule has 1 aromatic heterocycles. The Morgan fingerprint density at radius 1 is 1.07 bits per heavy atom. The van der Waals surface area contributed by atoms with E-state index < -0.39 is 0 Å². The zero-order chi connectivity index (χ0) is 19.2. The smallest absolute Gasteiger partial charge is 0.225 e. The quantitative estimate of drug-likeness (QED) is 0.852. The fourth-order valence-electron chi connectivity index (χ4n) is 3.90. The summed E-state index contributed by atoms with van der Waals surface area (Å²) in [5.41, 5.74) is 0. The molecular formula is C20H31N5O2. The summed E-state index contributed by atoms with van der Waals surface area (Å²) in [6.45, 7) is 7.07. The lowest BCUT2D eigenvalue weighted by atomic mass is 9.80. The number of hydrogen-bond acceptors (Lipinski definition) is 5. The second-order valence-corrected chi connectivity index (χ2v) is 7.73. The van der Waals surface area contributed by atoms with Gasteiger partial charge in [0.2, 0.25) is 17.8 Å². The molecule has 2 amide bonds. The first-order chi connectivity index (χ1) is 13.1. The van der Waals surface area contributed by atoms with Gasteiger partial charge < -0.3 is 15.1 Å². The van der Waals surface area contributed by atoms with Crippen molar-refractivity contribution in [1.82, 2.24) is 20.2 Å². The topological polar surface area (TPSA) is 78.4 Å². The number of carbonyl (C=O) groups is 2. The highest BCUT2D eigenvalue weighted by Crippen LogP contribution is 2.30. The number of rotatable bonds is 5. The summed E-state index contributed by atoms with van der Waals surface area (Å²) in [5.74, 6) is 1.28. The van der Waals surface area contributed by atoms with Gasteiger partial charge in [-0.25, -0.2) is 9.97 Å². The van der Waals surface area contributed by atoms with E-state index in [0.717, 1.165) is 51.1 Å². The number of anilines is 1. The van der Waals surface area contributed by atoms with Crippen LogP contribution in [0.25, 0.3) is 0 Å². The average molecular weight is 374 g/mol. The zero-order valence-electron chi connectivity index (χ0n) is 16.4. The van der Waals surface area contributed by atoms with E-state index >= 15 is 0 Å². The Balaban J connectivity index is 1.44. The van der Waals surface area contributed by atoms with Crippen molar-refractivity contribution in [1.29, 1.82) is 0 Å². The summed E-state index contributed by atoms with van der Waals surface area (Å²) in [6, 6.07) is 2.03. The lowest BCUT2D eigenvalue weighted by Crippen LogP contribution is -2.51. The largest absolute Gasteiger partial charge is 0.353 e. The average Bonchev–Trinajstić information content (AvgIpc) is 2.74. The molecule has 1 saturated heterocycles. The number of carbonyl (C=O) groups excluding carboxylic acids is 2. The lowest BCUT2D eigenvalue weighted by molar-refractivity contribution is -0.138. The molecule has 1 aliphatic carbocycles. The minimum Gasteiger partial charge on any atom is -0.353 e. The lowest BCUT2D eigenvalue weighted by Gasteiger charge is -2.37.